The topological polar surface area (TPSA) is 29.1 Å². The summed E-state index contributed by atoms with van der Waals surface area (Å²) in [6.45, 7) is 2.15. The Balaban J connectivity index is 2.02. The monoisotopic (exact) mass is 253 g/mol. The molecule has 1 fully saturated rings. The quantitative estimate of drug-likeness (QED) is 0.861. The Kier molecular flexibility index (Phi) is 3.94. The summed E-state index contributed by atoms with van der Waals surface area (Å²) < 4.78 is 26.0. The average molecular weight is 253 g/mol. The molecule has 1 aromatic carbocycles. The summed E-state index contributed by atoms with van der Waals surface area (Å²) in [5, 5.41) is 2.85. The second-order valence-electron chi connectivity index (χ2n) is 5.10. The lowest BCUT2D eigenvalue weighted by molar-refractivity contribution is 0.0920. The van der Waals surface area contributed by atoms with Crippen molar-refractivity contribution in [2.45, 2.75) is 38.6 Å². The van der Waals surface area contributed by atoms with E-state index in [-0.39, 0.29) is 11.6 Å². The molecule has 1 amide bonds. The lowest BCUT2D eigenvalue weighted by Crippen LogP contribution is -2.38. The molecule has 2 atom stereocenters. The van der Waals surface area contributed by atoms with Crippen molar-refractivity contribution < 1.29 is 13.6 Å². The average Bonchev–Trinajstić information content (AvgIpc) is 2.27. The molecule has 2 unspecified atom stereocenters. The molecule has 0 radical (unpaired) electrons. The maximum Gasteiger partial charge on any atom is 0.251 e. The van der Waals surface area contributed by atoms with Gasteiger partial charge in [0.2, 0.25) is 0 Å². The van der Waals surface area contributed by atoms with Crippen molar-refractivity contribution >= 4 is 5.91 Å². The van der Waals surface area contributed by atoms with Crippen LogP contribution in [0.4, 0.5) is 8.78 Å². The fraction of sp³-hybridized carbons (Fsp3) is 0.500. The zero-order valence-corrected chi connectivity index (χ0v) is 10.4. The van der Waals surface area contributed by atoms with Crippen LogP contribution in [0.25, 0.3) is 0 Å². The van der Waals surface area contributed by atoms with Crippen molar-refractivity contribution in [3.63, 3.8) is 0 Å². The molecular formula is C14H17F2NO. The third-order valence-corrected chi connectivity index (χ3v) is 3.40. The maximum atomic E-state index is 13.0. The van der Waals surface area contributed by atoms with Gasteiger partial charge in [-0.05, 0) is 30.9 Å². The van der Waals surface area contributed by atoms with Crippen molar-refractivity contribution in [2.75, 3.05) is 0 Å². The number of nitrogens with one attached hydrogen (secondary N) is 1. The minimum atomic E-state index is -0.725. The first-order valence-electron chi connectivity index (χ1n) is 6.31. The second kappa shape index (κ2) is 5.46. The van der Waals surface area contributed by atoms with E-state index in [9.17, 15) is 13.6 Å². The number of carbonyl (C=O) groups excluding carboxylic acids is 1. The predicted octanol–water partition coefficient (Wildman–Crippen LogP) is 3.27. The lowest BCUT2D eigenvalue weighted by Gasteiger charge is -2.27. The van der Waals surface area contributed by atoms with E-state index in [0.29, 0.717) is 5.92 Å². The van der Waals surface area contributed by atoms with Crippen LogP contribution < -0.4 is 5.32 Å². The molecule has 1 aromatic rings. The minimum absolute atomic E-state index is 0.0470. The summed E-state index contributed by atoms with van der Waals surface area (Å²) in [5.74, 6) is -1.25. The lowest BCUT2D eigenvalue weighted by atomic mass is 9.87. The second-order valence-corrected chi connectivity index (χ2v) is 5.10. The molecule has 0 bridgehead atoms. The number of rotatable bonds is 2. The first-order chi connectivity index (χ1) is 8.54. The highest BCUT2D eigenvalue weighted by Crippen LogP contribution is 2.23. The molecule has 0 aromatic heterocycles. The number of carbonyl (C=O) groups is 1. The van der Waals surface area contributed by atoms with Crippen molar-refractivity contribution in [2.24, 2.45) is 5.92 Å². The van der Waals surface area contributed by atoms with Crippen LogP contribution in [0.15, 0.2) is 18.2 Å². The molecule has 1 saturated carbocycles. The van der Waals surface area contributed by atoms with E-state index in [4.69, 9.17) is 0 Å². The molecule has 0 heterocycles. The van der Waals surface area contributed by atoms with Crippen molar-refractivity contribution in [3.8, 4) is 0 Å². The number of halogens is 2. The normalized spacial score (nSPS) is 23.7. The molecule has 4 heteroatoms. The van der Waals surface area contributed by atoms with E-state index in [1.165, 1.54) is 6.42 Å². The van der Waals surface area contributed by atoms with Gasteiger partial charge in [-0.2, -0.15) is 0 Å². The molecule has 0 saturated heterocycles. The van der Waals surface area contributed by atoms with Gasteiger partial charge in [-0.1, -0.05) is 19.8 Å². The van der Waals surface area contributed by atoms with Gasteiger partial charge >= 0.3 is 0 Å². The van der Waals surface area contributed by atoms with Crippen molar-refractivity contribution in [1.29, 1.82) is 0 Å². The molecular weight excluding hydrogens is 236 g/mol. The van der Waals surface area contributed by atoms with Gasteiger partial charge in [0.05, 0.1) is 0 Å². The number of hydrogen-bond acceptors (Lipinski definition) is 1. The molecule has 18 heavy (non-hydrogen) atoms. The third kappa shape index (κ3) is 3.28. The highest BCUT2D eigenvalue weighted by molar-refractivity contribution is 5.94. The van der Waals surface area contributed by atoms with Crippen LogP contribution in [0.3, 0.4) is 0 Å². The molecule has 2 nitrogen and oxygen atoms in total. The molecule has 1 aliphatic carbocycles. The summed E-state index contributed by atoms with van der Waals surface area (Å²) in [6, 6.07) is 3.00. The number of amides is 1. The first kappa shape index (κ1) is 13.0. The summed E-state index contributed by atoms with van der Waals surface area (Å²) in [4.78, 5) is 11.9. The fourth-order valence-electron chi connectivity index (χ4n) is 2.52. The maximum absolute atomic E-state index is 13.0. The summed E-state index contributed by atoms with van der Waals surface area (Å²) in [6.07, 6.45) is 4.14. The fourth-order valence-corrected chi connectivity index (χ4v) is 2.52. The Labute approximate surface area is 105 Å². The van der Waals surface area contributed by atoms with Gasteiger partial charge < -0.3 is 5.32 Å². The minimum Gasteiger partial charge on any atom is -0.349 e. The zero-order valence-electron chi connectivity index (χ0n) is 10.4. The van der Waals surface area contributed by atoms with Crippen LogP contribution in [-0.4, -0.2) is 11.9 Å². The van der Waals surface area contributed by atoms with Gasteiger partial charge in [0.25, 0.3) is 5.91 Å². The van der Waals surface area contributed by atoms with Crippen molar-refractivity contribution in [3.05, 3.63) is 35.4 Å². The summed E-state index contributed by atoms with van der Waals surface area (Å²) >= 11 is 0. The van der Waals surface area contributed by atoms with E-state index in [1.54, 1.807) is 0 Å². The van der Waals surface area contributed by atoms with Crippen LogP contribution in [0.2, 0.25) is 0 Å². The van der Waals surface area contributed by atoms with Crippen LogP contribution in [-0.2, 0) is 0 Å². The standard InChI is InChI=1S/C14H17F2NO/c1-9-3-2-4-13(5-9)17-14(18)10-6-11(15)8-12(16)7-10/h6-9,13H,2-5H2,1H3,(H,17,18). The molecule has 0 aliphatic heterocycles. The van der Waals surface area contributed by atoms with Crippen LogP contribution >= 0.6 is 0 Å². The Hall–Kier alpha value is -1.45. The van der Waals surface area contributed by atoms with E-state index in [1.807, 2.05) is 0 Å². The van der Waals surface area contributed by atoms with Gasteiger partial charge in [0.1, 0.15) is 11.6 Å². The predicted molar refractivity (Wildman–Crippen MR) is 65.2 cm³/mol. The zero-order chi connectivity index (χ0) is 13.1. The molecule has 0 spiro atoms. The SMILES string of the molecule is CC1CCCC(NC(=O)c2cc(F)cc(F)c2)C1. The summed E-state index contributed by atoms with van der Waals surface area (Å²) in [5.41, 5.74) is 0.0470. The van der Waals surface area contributed by atoms with E-state index >= 15 is 0 Å². The highest BCUT2D eigenvalue weighted by Gasteiger charge is 2.21. The Morgan fingerprint density at radius 3 is 2.50 bits per heavy atom. The van der Waals surface area contributed by atoms with E-state index in [2.05, 4.69) is 12.2 Å². The Bertz CT molecular complexity index is 427. The molecule has 1 aliphatic rings. The van der Waals surface area contributed by atoms with Gasteiger partial charge in [-0.3, -0.25) is 4.79 Å². The van der Waals surface area contributed by atoms with Crippen LogP contribution in [0.5, 0.6) is 0 Å². The Morgan fingerprint density at radius 2 is 1.89 bits per heavy atom. The largest absolute Gasteiger partial charge is 0.349 e. The van der Waals surface area contributed by atoms with Gasteiger partial charge in [-0.25, -0.2) is 8.78 Å². The van der Waals surface area contributed by atoms with Crippen LogP contribution in [0, 0.1) is 17.6 Å². The van der Waals surface area contributed by atoms with Crippen LogP contribution in [0.1, 0.15) is 43.0 Å². The first-order valence-corrected chi connectivity index (χ1v) is 6.31. The summed E-state index contributed by atoms with van der Waals surface area (Å²) in [7, 11) is 0. The smallest absolute Gasteiger partial charge is 0.251 e. The van der Waals surface area contributed by atoms with Gasteiger partial charge in [-0.15, -0.1) is 0 Å². The van der Waals surface area contributed by atoms with Crippen molar-refractivity contribution in [1.82, 2.24) is 5.32 Å². The molecule has 98 valence electrons. The number of hydrogen-bond donors (Lipinski definition) is 1. The highest BCUT2D eigenvalue weighted by atomic mass is 19.1. The van der Waals surface area contributed by atoms with E-state index in [0.717, 1.165) is 37.5 Å². The van der Waals surface area contributed by atoms with Gasteiger partial charge in [0, 0.05) is 17.7 Å². The molecule has 2 rings (SSSR count). The molecule has 1 N–H and O–H groups in total. The Morgan fingerprint density at radius 1 is 1.22 bits per heavy atom. The van der Waals surface area contributed by atoms with Gasteiger partial charge in [0.15, 0.2) is 0 Å². The number of benzene rings is 1. The third-order valence-electron chi connectivity index (χ3n) is 3.40. The van der Waals surface area contributed by atoms with E-state index < -0.39 is 17.5 Å².